The Morgan fingerprint density at radius 2 is 1.95 bits per heavy atom. The molecule has 0 saturated carbocycles. The number of aryl methyl sites for hydroxylation is 1. The lowest BCUT2D eigenvalue weighted by molar-refractivity contribution is -0.133. The van der Waals surface area contributed by atoms with E-state index in [2.05, 4.69) is 0 Å². The maximum Gasteiger partial charge on any atom is 0.223 e. The van der Waals surface area contributed by atoms with Crippen LogP contribution in [-0.4, -0.2) is 16.8 Å². The Hall–Kier alpha value is -2.23. The molecule has 1 heterocycles. The van der Waals surface area contributed by atoms with Gasteiger partial charge in [-0.05, 0) is 43.7 Å². The summed E-state index contributed by atoms with van der Waals surface area (Å²) in [4.78, 5) is 14.3. The van der Waals surface area contributed by atoms with Crippen molar-refractivity contribution in [3.8, 4) is 0 Å². The van der Waals surface area contributed by atoms with Crippen molar-refractivity contribution >= 4 is 11.6 Å². The molecule has 0 aliphatic rings. The van der Waals surface area contributed by atoms with Gasteiger partial charge in [-0.25, -0.2) is 0 Å². The molecule has 0 bridgehead atoms. The first kappa shape index (κ1) is 15.2. The third kappa shape index (κ3) is 4.38. The van der Waals surface area contributed by atoms with E-state index in [1.54, 1.807) is 6.26 Å². The lowest BCUT2D eigenvalue weighted by Gasteiger charge is -2.27. The Labute approximate surface area is 125 Å². The smallest absolute Gasteiger partial charge is 0.223 e. The summed E-state index contributed by atoms with van der Waals surface area (Å²) in [6.07, 6.45) is 2.73. The van der Waals surface area contributed by atoms with Gasteiger partial charge in [0.05, 0.1) is 6.26 Å². The highest BCUT2D eigenvalue weighted by atomic mass is 16.3. The summed E-state index contributed by atoms with van der Waals surface area (Å²) in [6, 6.07) is 11.5. The van der Waals surface area contributed by atoms with Crippen molar-refractivity contribution in [1.82, 2.24) is 4.90 Å². The van der Waals surface area contributed by atoms with Crippen molar-refractivity contribution in [2.75, 3.05) is 5.73 Å². The maximum absolute atomic E-state index is 12.4. The third-order valence-corrected chi connectivity index (χ3v) is 3.44. The molecule has 0 fully saturated rings. The molecule has 0 aliphatic heterocycles. The second-order valence-electron chi connectivity index (χ2n) is 5.44. The van der Waals surface area contributed by atoms with E-state index in [-0.39, 0.29) is 11.9 Å². The topological polar surface area (TPSA) is 59.5 Å². The van der Waals surface area contributed by atoms with Crippen LogP contribution in [0.2, 0.25) is 0 Å². The Balaban J connectivity index is 1.97. The van der Waals surface area contributed by atoms with Gasteiger partial charge in [-0.2, -0.15) is 0 Å². The van der Waals surface area contributed by atoms with Crippen LogP contribution in [0.4, 0.5) is 5.69 Å². The summed E-state index contributed by atoms with van der Waals surface area (Å²) >= 11 is 0. The van der Waals surface area contributed by atoms with Crippen LogP contribution >= 0.6 is 0 Å². The SMILES string of the molecule is CC(C)N(Cc1ccc(N)cc1)C(=O)CCc1ccco1. The quantitative estimate of drug-likeness (QED) is 0.829. The molecular weight excluding hydrogens is 264 g/mol. The van der Waals surface area contributed by atoms with Gasteiger partial charge in [-0.1, -0.05) is 12.1 Å². The first-order chi connectivity index (χ1) is 10.1. The first-order valence-corrected chi connectivity index (χ1v) is 7.22. The molecule has 0 spiro atoms. The number of amides is 1. The van der Waals surface area contributed by atoms with E-state index in [4.69, 9.17) is 10.2 Å². The van der Waals surface area contributed by atoms with E-state index in [1.165, 1.54) is 0 Å². The fourth-order valence-corrected chi connectivity index (χ4v) is 2.21. The van der Waals surface area contributed by atoms with Gasteiger partial charge in [0.1, 0.15) is 5.76 Å². The molecule has 1 aromatic carbocycles. The lowest BCUT2D eigenvalue weighted by Crippen LogP contribution is -2.36. The highest BCUT2D eigenvalue weighted by Crippen LogP contribution is 2.13. The zero-order chi connectivity index (χ0) is 15.2. The van der Waals surface area contributed by atoms with Crippen LogP contribution in [0.25, 0.3) is 0 Å². The zero-order valence-electron chi connectivity index (χ0n) is 12.6. The highest BCUT2D eigenvalue weighted by molar-refractivity contribution is 5.76. The Morgan fingerprint density at radius 3 is 2.52 bits per heavy atom. The van der Waals surface area contributed by atoms with Gasteiger partial charge in [0.15, 0.2) is 0 Å². The van der Waals surface area contributed by atoms with Crippen molar-refractivity contribution in [3.63, 3.8) is 0 Å². The molecule has 0 radical (unpaired) electrons. The maximum atomic E-state index is 12.4. The Morgan fingerprint density at radius 1 is 1.24 bits per heavy atom. The fraction of sp³-hybridized carbons (Fsp3) is 0.353. The molecule has 0 unspecified atom stereocenters. The summed E-state index contributed by atoms with van der Waals surface area (Å²) < 4.78 is 5.27. The molecule has 0 atom stereocenters. The monoisotopic (exact) mass is 286 g/mol. The number of nitrogens with zero attached hydrogens (tertiary/aromatic N) is 1. The molecule has 1 aromatic heterocycles. The molecule has 21 heavy (non-hydrogen) atoms. The van der Waals surface area contributed by atoms with Gasteiger partial charge in [-0.3, -0.25) is 4.79 Å². The van der Waals surface area contributed by atoms with Crippen molar-refractivity contribution in [2.45, 2.75) is 39.3 Å². The van der Waals surface area contributed by atoms with E-state index < -0.39 is 0 Å². The second-order valence-corrected chi connectivity index (χ2v) is 5.44. The summed E-state index contributed by atoms with van der Waals surface area (Å²) in [5.74, 6) is 0.984. The van der Waals surface area contributed by atoms with Crippen LogP contribution < -0.4 is 5.73 Å². The number of nitrogen functional groups attached to an aromatic ring is 1. The van der Waals surface area contributed by atoms with Crippen LogP contribution in [-0.2, 0) is 17.8 Å². The Bertz CT molecular complexity index is 559. The van der Waals surface area contributed by atoms with Gasteiger partial charge >= 0.3 is 0 Å². The van der Waals surface area contributed by atoms with Gasteiger partial charge in [-0.15, -0.1) is 0 Å². The number of furan rings is 1. The van der Waals surface area contributed by atoms with Crippen LogP contribution in [0.5, 0.6) is 0 Å². The second kappa shape index (κ2) is 6.97. The molecule has 1 amide bonds. The van der Waals surface area contributed by atoms with Gasteiger partial charge in [0.2, 0.25) is 5.91 Å². The number of nitrogens with two attached hydrogens (primary N) is 1. The fourth-order valence-electron chi connectivity index (χ4n) is 2.21. The summed E-state index contributed by atoms with van der Waals surface area (Å²) in [5.41, 5.74) is 7.51. The van der Waals surface area contributed by atoms with Gasteiger partial charge in [0, 0.05) is 31.1 Å². The molecule has 4 nitrogen and oxygen atoms in total. The molecule has 2 N–H and O–H groups in total. The minimum Gasteiger partial charge on any atom is -0.469 e. The molecule has 2 rings (SSSR count). The number of hydrogen-bond acceptors (Lipinski definition) is 3. The predicted molar refractivity (Wildman–Crippen MR) is 83.6 cm³/mol. The number of carbonyl (C=O) groups is 1. The largest absolute Gasteiger partial charge is 0.469 e. The lowest BCUT2D eigenvalue weighted by atomic mass is 10.1. The molecule has 2 aromatic rings. The number of anilines is 1. The van der Waals surface area contributed by atoms with E-state index in [0.29, 0.717) is 19.4 Å². The van der Waals surface area contributed by atoms with Gasteiger partial charge in [0.25, 0.3) is 0 Å². The number of benzene rings is 1. The standard InChI is InChI=1S/C17H22N2O2/c1-13(2)19(12-14-5-7-15(18)8-6-14)17(20)10-9-16-4-3-11-21-16/h3-8,11,13H,9-10,12,18H2,1-2H3. The average Bonchev–Trinajstić information content (AvgIpc) is 2.97. The van der Waals surface area contributed by atoms with Crippen LogP contribution in [0, 0.1) is 0 Å². The number of hydrogen-bond donors (Lipinski definition) is 1. The number of rotatable bonds is 6. The third-order valence-electron chi connectivity index (χ3n) is 3.44. The molecule has 4 heteroatoms. The van der Waals surface area contributed by atoms with Crippen molar-refractivity contribution in [1.29, 1.82) is 0 Å². The molecule has 112 valence electrons. The van der Waals surface area contributed by atoms with E-state index in [0.717, 1.165) is 17.0 Å². The average molecular weight is 286 g/mol. The minimum absolute atomic E-state index is 0.137. The van der Waals surface area contributed by atoms with E-state index in [9.17, 15) is 4.79 Å². The molecule has 0 aliphatic carbocycles. The van der Waals surface area contributed by atoms with Crippen molar-refractivity contribution in [3.05, 3.63) is 54.0 Å². The normalized spacial score (nSPS) is 10.8. The molecular formula is C17H22N2O2. The predicted octanol–water partition coefficient (Wildman–Crippen LogP) is 3.23. The van der Waals surface area contributed by atoms with Crippen LogP contribution in [0.1, 0.15) is 31.6 Å². The van der Waals surface area contributed by atoms with Crippen LogP contribution in [0.15, 0.2) is 47.1 Å². The minimum atomic E-state index is 0.137. The zero-order valence-corrected chi connectivity index (χ0v) is 12.6. The first-order valence-electron chi connectivity index (χ1n) is 7.22. The molecule has 0 saturated heterocycles. The Kier molecular flexibility index (Phi) is 5.04. The van der Waals surface area contributed by atoms with E-state index >= 15 is 0 Å². The summed E-state index contributed by atoms with van der Waals surface area (Å²) in [6.45, 7) is 4.67. The number of carbonyl (C=O) groups excluding carboxylic acids is 1. The van der Waals surface area contributed by atoms with Gasteiger partial charge < -0.3 is 15.1 Å². The van der Waals surface area contributed by atoms with Crippen molar-refractivity contribution in [2.24, 2.45) is 0 Å². The van der Waals surface area contributed by atoms with E-state index in [1.807, 2.05) is 55.1 Å². The highest BCUT2D eigenvalue weighted by Gasteiger charge is 2.17. The summed E-state index contributed by atoms with van der Waals surface area (Å²) in [7, 11) is 0. The van der Waals surface area contributed by atoms with Crippen LogP contribution in [0.3, 0.4) is 0 Å². The van der Waals surface area contributed by atoms with Crippen molar-refractivity contribution < 1.29 is 9.21 Å². The summed E-state index contributed by atoms with van der Waals surface area (Å²) in [5, 5.41) is 0.